The van der Waals surface area contributed by atoms with E-state index in [1.807, 2.05) is 0 Å². The van der Waals surface area contributed by atoms with Crippen LogP contribution in [0.25, 0.3) is 0 Å². The first-order chi connectivity index (χ1) is 11.1. The first-order valence-corrected chi connectivity index (χ1v) is 9.56. The van der Waals surface area contributed by atoms with Gasteiger partial charge >= 0.3 is 6.18 Å². The Balaban J connectivity index is 1.74. The Morgan fingerprint density at radius 2 is 1.75 bits per heavy atom. The van der Waals surface area contributed by atoms with Gasteiger partial charge in [-0.2, -0.15) is 30.2 Å². The maximum atomic E-state index is 13.1. The van der Waals surface area contributed by atoms with Crippen LogP contribution < -0.4 is 0 Å². The summed E-state index contributed by atoms with van der Waals surface area (Å²) in [5.41, 5.74) is -2.01. The lowest BCUT2D eigenvalue weighted by Crippen LogP contribution is -2.46. The molecule has 3 nitrogen and oxygen atoms in total. The van der Waals surface area contributed by atoms with Crippen LogP contribution in [0.1, 0.15) is 46.0 Å². The fraction of sp³-hybridized carbons (Fsp3) is 0.941. The summed E-state index contributed by atoms with van der Waals surface area (Å²) in [6, 6.07) is 2.28. The van der Waals surface area contributed by atoms with E-state index in [0.29, 0.717) is 19.0 Å². The van der Waals surface area contributed by atoms with Gasteiger partial charge in [0.25, 0.3) is 0 Å². The zero-order chi connectivity index (χ0) is 17.6. The van der Waals surface area contributed by atoms with Crippen molar-refractivity contribution in [1.29, 1.82) is 5.26 Å². The molecule has 1 saturated carbocycles. The molecule has 0 amide bonds. The van der Waals surface area contributed by atoms with Gasteiger partial charge in [0.15, 0.2) is 5.79 Å². The van der Waals surface area contributed by atoms with Crippen molar-refractivity contribution in [3.63, 3.8) is 0 Å². The lowest BCUT2D eigenvalue weighted by Gasteiger charge is -2.44. The molecule has 3 aliphatic rings. The molecule has 0 N–H and O–H groups in total. The smallest absolute Gasteiger partial charge is 0.348 e. The van der Waals surface area contributed by atoms with E-state index in [1.165, 1.54) is 0 Å². The van der Waals surface area contributed by atoms with Crippen LogP contribution in [0, 0.1) is 28.1 Å². The number of hydrogen-bond donors (Lipinski definition) is 0. The number of nitriles is 1. The zero-order valence-corrected chi connectivity index (χ0v) is 14.9. The largest absolute Gasteiger partial charge is 0.389 e. The van der Waals surface area contributed by atoms with E-state index in [0.717, 1.165) is 25.7 Å². The maximum Gasteiger partial charge on any atom is 0.389 e. The molecule has 7 heteroatoms. The highest BCUT2D eigenvalue weighted by atomic mass is 32.2. The van der Waals surface area contributed by atoms with Gasteiger partial charge in [0.05, 0.1) is 31.1 Å². The molecule has 1 spiro atoms. The van der Waals surface area contributed by atoms with Gasteiger partial charge in [-0.1, -0.05) is 6.92 Å². The third-order valence-electron chi connectivity index (χ3n) is 6.26. The Kier molecular flexibility index (Phi) is 4.64. The highest BCUT2D eigenvalue weighted by Gasteiger charge is 2.61. The Morgan fingerprint density at radius 3 is 2.25 bits per heavy atom. The van der Waals surface area contributed by atoms with Crippen molar-refractivity contribution in [1.82, 2.24) is 0 Å². The van der Waals surface area contributed by atoms with E-state index in [1.54, 1.807) is 25.6 Å². The number of halogens is 3. The van der Waals surface area contributed by atoms with Gasteiger partial charge in [-0.25, -0.2) is 0 Å². The van der Waals surface area contributed by atoms with Crippen LogP contribution in [0.5, 0.6) is 0 Å². The van der Waals surface area contributed by atoms with Gasteiger partial charge in [-0.15, -0.1) is 0 Å². The van der Waals surface area contributed by atoms with Gasteiger partial charge in [-0.3, -0.25) is 0 Å². The molecular formula is C17H24F3NO2S. The summed E-state index contributed by atoms with van der Waals surface area (Å²) in [6.07, 6.45) is -1.91. The van der Waals surface area contributed by atoms with E-state index < -0.39 is 29.2 Å². The molecule has 2 heterocycles. The van der Waals surface area contributed by atoms with Crippen LogP contribution in [0.15, 0.2) is 0 Å². The Bertz CT molecular complexity index is 519. The van der Waals surface area contributed by atoms with Gasteiger partial charge in [0.1, 0.15) is 0 Å². The molecule has 136 valence electrons. The number of rotatable bonds is 2. The van der Waals surface area contributed by atoms with Gasteiger partial charge in [0, 0.05) is 29.3 Å². The maximum absolute atomic E-state index is 13.1. The summed E-state index contributed by atoms with van der Waals surface area (Å²) < 4.78 is 50.6. The molecule has 3 atom stereocenters. The molecule has 3 rings (SSSR count). The van der Waals surface area contributed by atoms with Gasteiger partial charge in [0.2, 0.25) is 0 Å². The molecular weight excluding hydrogens is 339 g/mol. The summed E-state index contributed by atoms with van der Waals surface area (Å²) >= 11 is 1.55. The Labute approximate surface area is 145 Å². The molecule has 0 aromatic heterocycles. The molecule has 24 heavy (non-hydrogen) atoms. The van der Waals surface area contributed by atoms with Crippen molar-refractivity contribution in [2.24, 2.45) is 16.7 Å². The van der Waals surface area contributed by atoms with Crippen molar-refractivity contribution < 1.29 is 22.6 Å². The summed E-state index contributed by atoms with van der Waals surface area (Å²) in [7, 11) is 0. The second-order valence-corrected chi connectivity index (χ2v) is 8.97. The molecule has 1 aliphatic carbocycles. The van der Waals surface area contributed by atoms with E-state index >= 15 is 0 Å². The lowest BCUT2D eigenvalue weighted by atomic mass is 9.60. The summed E-state index contributed by atoms with van der Waals surface area (Å²) in [6.45, 7) is 4.59. The van der Waals surface area contributed by atoms with E-state index in [-0.39, 0.29) is 11.2 Å². The SMILES string of the molecule is CC1(CC(F)(F)F)CSC(C2CCC3(CC2)OCCO3)C1(C)C#N. The third kappa shape index (κ3) is 3.06. The Morgan fingerprint density at radius 1 is 1.17 bits per heavy atom. The standard InChI is InChI=1S/C17H24F3NO2S/c1-14(9-17(18,19)20)11-24-13(15(14,2)10-21)12-3-5-16(6-4-12)22-7-8-23-16/h12-13H,3-9,11H2,1-2H3. The predicted molar refractivity (Wildman–Crippen MR) is 85.3 cm³/mol. The van der Waals surface area contributed by atoms with E-state index in [2.05, 4.69) is 6.07 Å². The monoisotopic (exact) mass is 363 g/mol. The van der Waals surface area contributed by atoms with E-state index in [4.69, 9.17) is 9.47 Å². The summed E-state index contributed by atoms with van der Waals surface area (Å²) in [5.74, 6) is 0.154. The predicted octanol–water partition coefficient (Wildman–Crippen LogP) is 4.52. The van der Waals surface area contributed by atoms with Crippen molar-refractivity contribution in [2.75, 3.05) is 19.0 Å². The van der Waals surface area contributed by atoms with Gasteiger partial charge < -0.3 is 9.47 Å². The van der Waals surface area contributed by atoms with Crippen LogP contribution in [0.4, 0.5) is 13.2 Å². The van der Waals surface area contributed by atoms with Crippen molar-refractivity contribution in [2.45, 2.75) is 63.2 Å². The van der Waals surface area contributed by atoms with Crippen LogP contribution in [0.2, 0.25) is 0 Å². The molecule has 3 fully saturated rings. The topological polar surface area (TPSA) is 42.2 Å². The fourth-order valence-corrected chi connectivity index (χ4v) is 6.75. The highest BCUT2D eigenvalue weighted by Crippen LogP contribution is 2.62. The minimum Gasteiger partial charge on any atom is -0.348 e. The lowest BCUT2D eigenvalue weighted by molar-refractivity contribution is -0.184. The zero-order valence-electron chi connectivity index (χ0n) is 14.1. The average molecular weight is 363 g/mol. The molecule has 0 radical (unpaired) electrons. The van der Waals surface area contributed by atoms with Crippen molar-refractivity contribution in [3.05, 3.63) is 0 Å². The van der Waals surface area contributed by atoms with Crippen LogP contribution in [-0.2, 0) is 9.47 Å². The number of nitrogens with zero attached hydrogens (tertiary/aromatic N) is 1. The van der Waals surface area contributed by atoms with Crippen LogP contribution in [-0.4, -0.2) is 36.2 Å². The van der Waals surface area contributed by atoms with Gasteiger partial charge in [-0.05, 0) is 25.7 Å². The van der Waals surface area contributed by atoms with Crippen molar-refractivity contribution >= 4 is 11.8 Å². The molecule has 2 aliphatic heterocycles. The first-order valence-electron chi connectivity index (χ1n) is 8.51. The molecule has 2 saturated heterocycles. The number of alkyl halides is 3. The second kappa shape index (κ2) is 6.07. The third-order valence-corrected chi connectivity index (χ3v) is 8.28. The van der Waals surface area contributed by atoms with Crippen molar-refractivity contribution in [3.8, 4) is 6.07 Å². The first kappa shape index (κ1) is 18.3. The van der Waals surface area contributed by atoms with Crippen LogP contribution in [0.3, 0.4) is 0 Å². The molecule has 3 unspecified atom stereocenters. The normalized spacial score (nSPS) is 40.1. The average Bonchev–Trinajstić information content (AvgIpc) is 3.04. The molecule has 0 aromatic rings. The van der Waals surface area contributed by atoms with E-state index in [9.17, 15) is 18.4 Å². The number of hydrogen-bond acceptors (Lipinski definition) is 4. The highest BCUT2D eigenvalue weighted by molar-refractivity contribution is 8.00. The molecule has 0 bridgehead atoms. The number of ether oxygens (including phenoxy) is 2. The Hall–Kier alpha value is -0.450. The van der Waals surface area contributed by atoms with Crippen LogP contribution >= 0.6 is 11.8 Å². The summed E-state index contributed by atoms with van der Waals surface area (Å²) in [4.78, 5) is 0. The fourth-order valence-electron chi connectivity index (χ4n) is 4.59. The quantitative estimate of drug-likeness (QED) is 0.723. The molecule has 0 aromatic carbocycles. The number of thioether (sulfide) groups is 1. The minimum atomic E-state index is -4.25. The minimum absolute atomic E-state index is 0.0615. The summed E-state index contributed by atoms with van der Waals surface area (Å²) in [5, 5.41) is 9.72. The second-order valence-electron chi connectivity index (χ2n) is 7.84.